The number of piperidine rings is 1. The first kappa shape index (κ1) is 12.2. The van der Waals surface area contributed by atoms with E-state index in [2.05, 4.69) is 5.32 Å². The van der Waals surface area contributed by atoms with Crippen molar-refractivity contribution in [3.8, 4) is 0 Å². The van der Waals surface area contributed by atoms with Crippen LogP contribution in [0.4, 0.5) is 0 Å². The Balaban J connectivity index is 2.10. The van der Waals surface area contributed by atoms with E-state index in [1.807, 2.05) is 31.2 Å². The number of hydrogen-bond donors (Lipinski definition) is 1. The third-order valence-electron chi connectivity index (χ3n) is 4.27. The second kappa shape index (κ2) is 4.08. The molecule has 1 aromatic rings. The van der Waals surface area contributed by atoms with Crippen LogP contribution in [0.25, 0.3) is 0 Å². The highest BCUT2D eigenvalue weighted by atomic mass is 16.5. The maximum Gasteiger partial charge on any atom is 0.313 e. The summed E-state index contributed by atoms with van der Waals surface area (Å²) >= 11 is 0. The van der Waals surface area contributed by atoms with Crippen LogP contribution in [0.5, 0.6) is 0 Å². The number of hydrogen-bond acceptors (Lipinski definition) is 3. The normalized spacial score (nSPS) is 31.6. The van der Waals surface area contributed by atoms with Gasteiger partial charge in [-0.15, -0.1) is 0 Å². The fraction of sp³-hybridized carbons (Fsp3) is 0.467. The number of benzene rings is 1. The summed E-state index contributed by atoms with van der Waals surface area (Å²) in [6, 6.07) is 7.77. The molecule has 4 rings (SSSR count). The first-order chi connectivity index (χ1) is 9.08. The molecule has 0 spiro atoms. The monoisotopic (exact) mass is 259 g/mol. The third-order valence-corrected chi connectivity index (χ3v) is 4.27. The highest BCUT2D eigenvalue weighted by Gasteiger charge is 2.56. The van der Waals surface area contributed by atoms with Gasteiger partial charge in [0.1, 0.15) is 0 Å². The number of carbonyl (C=O) groups excluding carboxylic acids is 2. The predicted octanol–water partition coefficient (Wildman–Crippen LogP) is 1.91. The molecule has 0 saturated carbocycles. The van der Waals surface area contributed by atoms with Crippen LogP contribution in [0.3, 0.4) is 0 Å². The number of carbonyl (C=O) groups is 2. The maximum atomic E-state index is 12.3. The first-order valence-corrected chi connectivity index (χ1v) is 6.64. The second-order valence-corrected chi connectivity index (χ2v) is 5.47. The lowest BCUT2D eigenvalue weighted by Crippen LogP contribution is -2.55. The van der Waals surface area contributed by atoms with Crippen molar-refractivity contribution in [2.45, 2.75) is 32.2 Å². The number of rotatable bonds is 2. The lowest BCUT2D eigenvalue weighted by atomic mass is 9.60. The smallest absolute Gasteiger partial charge is 0.313 e. The zero-order chi connectivity index (χ0) is 13.6. The number of fused-ring (bicyclic) bond motifs is 2. The van der Waals surface area contributed by atoms with E-state index in [9.17, 15) is 9.59 Å². The first-order valence-electron chi connectivity index (χ1n) is 6.64. The predicted molar refractivity (Wildman–Crippen MR) is 69.4 cm³/mol. The Hall–Kier alpha value is -1.84. The quantitative estimate of drug-likeness (QED) is 0.825. The van der Waals surface area contributed by atoms with Crippen LogP contribution in [0, 0.1) is 5.41 Å². The highest BCUT2D eigenvalue weighted by Crippen LogP contribution is 2.53. The van der Waals surface area contributed by atoms with Crippen molar-refractivity contribution in [3.05, 3.63) is 35.4 Å². The zero-order valence-electron chi connectivity index (χ0n) is 11.1. The molecule has 4 heteroatoms. The van der Waals surface area contributed by atoms with Gasteiger partial charge in [-0.3, -0.25) is 9.59 Å². The van der Waals surface area contributed by atoms with Crippen molar-refractivity contribution >= 4 is 11.9 Å². The van der Waals surface area contributed by atoms with E-state index >= 15 is 0 Å². The summed E-state index contributed by atoms with van der Waals surface area (Å²) in [6.07, 6.45) is 0.610. The molecule has 1 aliphatic carbocycles. The van der Waals surface area contributed by atoms with Gasteiger partial charge >= 0.3 is 5.97 Å². The van der Waals surface area contributed by atoms with Crippen LogP contribution >= 0.6 is 0 Å². The molecule has 1 fully saturated rings. The van der Waals surface area contributed by atoms with Gasteiger partial charge < -0.3 is 10.1 Å². The molecule has 19 heavy (non-hydrogen) atoms. The second-order valence-electron chi connectivity index (χ2n) is 5.47. The van der Waals surface area contributed by atoms with Crippen molar-refractivity contribution in [1.29, 1.82) is 0 Å². The topological polar surface area (TPSA) is 55.4 Å². The van der Waals surface area contributed by atoms with Crippen LogP contribution < -0.4 is 5.32 Å². The maximum absolute atomic E-state index is 12.3. The Morgan fingerprint density at radius 1 is 1.42 bits per heavy atom. The molecule has 1 aromatic carbocycles. The van der Waals surface area contributed by atoms with E-state index in [4.69, 9.17) is 4.74 Å². The Bertz CT molecular complexity index is 554. The zero-order valence-corrected chi connectivity index (χ0v) is 11.1. The lowest BCUT2D eigenvalue weighted by Gasteiger charge is -2.48. The van der Waals surface area contributed by atoms with Crippen LogP contribution in [0.2, 0.25) is 0 Å². The molecule has 100 valence electrons. The van der Waals surface area contributed by atoms with Crippen LogP contribution in [0.1, 0.15) is 43.4 Å². The standard InChI is InChI=1S/C15H17NO3/c1-3-19-14(18)15(2)8-11-9-6-4-5-7-10(9)12(15)13(17)16-11/h4-7,11-12H,3,8H2,1-2H3,(H,16,17). The van der Waals surface area contributed by atoms with Crippen LogP contribution in [-0.4, -0.2) is 18.5 Å². The fourth-order valence-corrected chi connectivity index (χ4v) is 3.40. The molecule has 3 aliphatic rings. The van der Waals surface area contributed by atoms with Gasteiger partial charge in [0.25, 0.3) is 0 Å². The molecule has 2 aliphatic heterocycles. The molecular formula is C15H17NO3. The lowest BCUT2D eigenvalue weighted by molar-refractivity contribution is -0.162. The Kier molecular flexibility index (Phi) is 2.62. The third kappa shape index (κ3) is 1.59. The number of esters is 1. The molecule has 2 heterocycles. The summed E-state index contributed by atoms with van der Waals surface area (Å²) in [6.45, 7) is 3.97. The summed E-state index contributed by atoms with van der Waals surface area (Å²) in [5, 5.41) is 2.98. The van der Waals surface area contributed by atoms with Gasteiger partial charge in [-0.25, -0.2) is 0 Å². The van der Waals surface area contributed by atoms with Gasteiger partial charge in [-0.05, 0) is 31.4 Å². The Morgan fingerprint density at radius 2 is 2.11 bits per heavy atom. The number of ether oxygens (including phenoxy) is 1. The summed E-state index contributed by atoms with van der Waals surface area (Å²) in [7, 11) is 0. The molecule has 0 aromatic heterocycles. The van der Waals surface area contributed by atoms with Crippen molar-refractivity contribution in [1.82, 2.24) is 5.32 Å². The minimum Gasteiger partial charge on any atom is -0.466 e. The number of nitrogens with one attached hydrogen (secondary N) is 1. The number of amides is 1. The molecule has 3 atom stereocenters. The fourth-order valence-electron chi connectivity index (χ4n) is 3.40. The molecule has 3 unspecified atom stereocenters. The summed E-state index contributed by atoms with van der Waals surface area (Å²) in [4.78, 5) is 24.5. The Labute approximate surface area is 112 Å². The average molecular weight is 259 g/mol. The summed E-state index contributed by atoms with van der Waals surface area (Å²) in [5.74, 6) is -0.771. The summed E-state index contributed by atoms with van der Waals surface area (Å²) in [5.41, 5.74) is 1.35. The highest BCUT2D eigenvalue weighted by molar-refractivity contribution is 5.95. The SMILES string of the molecule is CCOC(=O)C1(C)CC2NC(=O)C1c1ccccc12. The van der Waals surface area contributed by atoms with Gasteiger partial charge in [0, 0.05) is 0 Å². The van der Waals surface area contributed by atoms with E-state index < -0.39 is 11.3 Å². The van der Waals surface area contributed by atoms with Gasteiger partial charge in [-0.1, -0.05) is 24.3 Å². The van der Waals surface area contributed by atoms with Gasteiger partial charge in [0.2, 0.25) is 5.91 Å². The minimum atomic E-state index is -0.753. The average Bonchev–Trinajstić information content (AvgIpc) is 2.39. The van der Waals surface area contributed by atoms with Gasteiger partial charge in [0.05, 0.1) is 24.0 Å². The molecule has 1 N–H and O–H groups in total. The van der Waals surface area contributed by atoms with E-state index in [0.29, 0.717) is 13.0 Å². The van der Waals surface area contributed by atoms with E-state index in [0.717, 1.165) is 11.1 Å². The largest absolute Gasteiger partial charge is 0.466 e. The molecule has 0 radical (unpaired) electrons. The van der Waals surface area contributed by atoms with Gasteiger partial charge in [0.15, 0.2) is 0 Å². The molecule has 2 bridgehead atoms. The Morgan fingerprint density at radius 3 is 2.79 bits per heavy atom. The van der Waals surface area contributed by atoms with Crippen molar-refractivity contribution in [2.24, 2.45) is 5.41 Å². The van der Waals surface area contributed by atoms with E-state index in [1.54, 1.807) is 6.92 Å². The summed E-state index contributed by atoms with van der Waals surface area (Å²) < 4.78 is 5.18. The molecule has 1 saturated heterocycles. The minimum absolute atomic E-state index is 0.0643. The van der Waals surface area contributed by atoms with E-state index in [-0.39, 0.29) is 17.9 Å². The molecule has 4 nitrogen and oxygen atoms in total. The van der Waals surface area contributed by atoms with E-state index in [1.165, 1.54) is 0 Å². The van der Waals surface area contributed by atoms with Crippen LogP contribution in [0.15, 0.2) is 24.3 Å². The van der Waals surface area contributed by atoms with Crippen LogP contribution in [-0.2, 0) is 14.3 Å². The van der Waals surface area contributed by atoms with Crippen molar-refractivity contribution in [3.63, 3.8) is 0 Å². The molecule has 1 amide bonds. The van der Waals surface area contributed by atoms with Crippen molar-refractivity contribution in [2.75, 3.05) is 6.61 Å². The molecular weight excluding hydrogens is 242 g/mol. The van der Waals surface area contributed by atoms with Crippen molar-refractivity contribution < 1.29 is 14.3 Å². The van der Waals surface area contributed by atoms with Gasteiger partial charge in [-0.2, -0.15) is 0 Å².